The first-order chi connectivity index (χ1) is 9.30. The molecule has 0 saturated carbocycles. The van der Waals surface area contributed by atoms with Crippen LogP contribution in [0.4, 0.5) is 0 Å². The number of likely N-dealkylation sites (N-methyl/N-ethyl adjacent to an activating group) is 2. The number of carboxylic acid groups (broad SMARTS) is 1. The highest BCUT2D eigenvalue weighted by molar-refractivity contribution is 5.78. The first kappa shape index (κ1) is 17.4. The highest BCUT2D eigenvalue weighted by atomic mass is 16.4. The molecule has 0 spiro atoms. The van der Waals surface area contributed by atoms with Crippen LogP contribution in [0.1, 0.15) is 40.0 Å². The van der Waals surface area contributed by atoms with E-state index in [4.69, 9.17) is 0 Å². The normalized spacial score (nSPS) is 28.2. The van der Waals surface area contributed by atoms with E-state index in [0.717, 1.165) is 32.5 Å². The van der Waals surface area contributed by atoms with Crippen LogP contribution in [0.25, 0.3) is 0 Å². The molecule has 0 aliphatic carbocycles. The number of aliphatic carboxylic acids is 1. The second-order valence-electron chi connectivity index (χ2n) is 6.47. The van der Waals surface area contributed by atoms with E-state index in [1.807, 2.05) is 0 Å². The van der Waals surface area contributed by atoms with E-state index in [9.17, 15) is 9.90 Å². The summed E-state index contributed by atoms with van der Waals surface area (Å²) in [6, 6.07) is 1.20. The molecule has 3 atom stereocenters. The molecule has 118 valence electrons. The van der Waals surface area contributed by atoms with Crippen molar-refractivity contribution in [3.05, 3.63) is 0 Å². The number of piperazine rings is 1. The lowest BCUT2D eigenvalue weighted by Crippen LogP contribution is -2.55. The number of hydrogen-bond donors (Lipinski definition) is 2. The molecule has 2 N–H and O–H groups in total. The highest BCUT2D eigenvalue weighted by Gasteiger charge is 2.30. The van der Waals surface area contributed by atoms with E-state index in [2.05, 4.69) is 36.0 Å². The third-order valence-electron chi connectivity index (χ3n) is 4.86. The lowest BCUT2D eigenvalue weighted by molar-refractivity contribution is -0.144. The summed E-state index contributed by atoms with van der Waals surface area (Å²) in [7, 11) is 3.91. The first-order valence-corrected chi connectivity index (χ1v) is 7.66. The summed E-state index contributed by atoms with van der Waals surface area (Å²) in [6.07, 6.45) is 2.68. The topological polar surface area (TPSA) is 55.8 Å². The van der Waals surface area contributed by atoms with Crippen LogP contribution >= 0.6 is 0 Å². The Balaban J connectivity index is 2.30. The van der Waals surface area contributed by atoms with Crippen LogP contribution < -0.4 is 5.32 Å². The molecule has 1 heterocycles. The van der Waals surface area contributed by atoms with Crippen molar-refractivity contribution in [3.63, 3.8) is 0 Å². The molecule has 5 heteroatoms. The zero-order chi connectivity index (χ0) is 15.3. The second kappa shape index (κ2) is 7.38. The Bertz CT molecular complexity index is 312. The van der Waals surface area contributed by atoms with Gasteiger partial charge in [0.1, 0.15) is 5.54 Å². The van der Waals surface area contributed by atoms with Gasteiger partial charge in [0.15, 0.2) is 0 Å². The van der Waals surface area contributed by atoms with Gasteiger partial charge >= 0.3 is 5.97 Å². The van der Waals surface area contributed by atoms with Gasteiger partial charge in [0.2, 0.25) is 0 Å². The zero-order valence-electron chi connectivity index (χ0n) is 13.6. The summed E-state index contributed by atoms with van der Waals surface area (Å²) >= 11 is 0. The molecule has 0 amide bonds. The van der Waals surface area contributed by atoms with Crippen molar-refractivity contribution in [2.75, 3.05) is 33.7 Å². The van der Waals surface area contributed by atoms with Crippen molar-refractivity contribution in [2.45, 2.75) is 57.7 Å². The van der Waals surface area contributed by atoms with Crippen molar-refractivity contribution in [3.8, 4) is 0 Å². The molecule has 0 bridgehead atoms. The van der Waals surface area contributed by atoms with E-state index in [1.54, 1.807) is 14.0 Å². The van der Waals surface area contributed by atoms with Crippen LogP contribution in [0.2, 0.25) is 0 Å². The van der Waals surface area contributed by atoms with Gasteiger partial charge in [-0.05, 0) is 60.7 Å². The van der Waals surface area contributed by atoms with Crippen LogP contribution in [-0.2, 0) is 4.79 Å². The molecule has 0 radical (unpaired) electrons. The molecule has 0 aromatic heterocycles. The van der Waals surface area contributed by atoms with Crippen LogP contribution in [0.15, 0.2) is 0 Å². The number of unbranched alkanes of at least 4 members (excludes halogenated alkanes) is 1. The quantitative estimate of drug-likeness (QED) is 0.689. The molecule has 0 aromatic rings. The Kier molecular flexibility index (Phi) is 6.43. The average Bonchev–Trinajstić information content (AvgIpc) is 2.40. The van der Waals surface area contributed by atoms with Gasteiger partial charge in [-0.15, -0.1) is 0 Å². The van der Waals surface area contributed by atoms with Gasteiger partial charge in [-0.1, -0.05) is 0 Å². The van der Waals surface area contributed by atoms with Gasteiger partial charge in [-0.25, -0.2) is 0 Å². The Labute approximate surface area is 123 Å². The van der Waals surface area contributed by atoms with Crippen molar-refractivity contribution in [1.82, 2.24) is 15.1 Å². The fourth-order valence-corrected chi connectivity index (χ4v) is 2.85. The third-order valence-corrected chi connectivity index (χ3v) is 4.86. The van der Waals surface area contributed by atoms with Crippen molar-refractivity contribution in [2.24, 2.45) is 0 Å². The van der Waals surface area contributed by atoms with Gasteiger partial charge in [-0.3, -0.25) is 9.69 Å². The minimum Gasteiger partial charge on any atom is -0.480 e. The molecule has 1 aliphatic heterocycles. The molecular formula is C15H31N3O2. The smallest absolute Gasteiger partial charge is 0.323 e. The number of nitrogens with one attached hydrogen (secondary N) is 1. The van der Waals surface area contributed by atoms with Crippen LogP contribution in [0, 0.1) is 0 Å². The predicted octanol–water partition coefficient (Wildman–Crippen LogP) is 1.24. The molecule has 3 unspecified atom stereocenters. The van der Waals surface area contributed by atoms with E-state index >= 15 is 0 Å². The average molecular weight is 285 g/mol. The van der Waals surface area contributed by atoms with Crippen molar-refractivity contribution in [1.29, 1.82) is 0 Å². The maximum Gasteiger partial charge on any atom is 0.323 e. The molecule has 1 saturated heterocycles. The van der Waals surface area contributed by atoms with Gasteiger partial charge in [-0.2, -0.15) is 0 Å². The Hall–Kier alpha value is -0.650. The van der Waals surface area contributed by atoms with Crippen LogP contribution in [0.5, 0.6) is 0 Å². The van der Waals surface area contributed by atoms with Crippen LogP contribution in [0.3, 0.4) is 0 Å². The van der Waals surface area contributed by atoms with Gasteiger partial charge in [0, 0.05) is 25.2 Å². The largest absolute Gasteiger partial charge is 0.480 e. The minimum absolute atomic E-state index is 0.598. The predicted molar refractivity (Wildman–Crippen MR) is 82.1 cm³/mol. The van der Waals surface area contributed by atoms with E-state index < -0.39 is 11.5 Å². The molecule has 5 nitrogen and oxygen atoms in total. The fraction of sp³-hybridized carbons (Fsp3) is 0.933. The summed E-state index contributed by atoms with van der Waals surface area (Å²) in [6.45, 7) is 9.60. The summed E-state index contributed by atoms with van der Waals surface area (Å²) in [5.41, 5.74) is -0.789. The SMILES string of the molecule is CNC(C)(CCCCN1CC(C)N(C)C(C)C1)C(=O)O. The minimum atomic E-state index is -0.789. The molecular weight excluding hydrogens is 254 g/mol. The zero-order valence-corrected chi connectivity index (χ0v) is 13.6. The molecule has 0 aromatic carbocycles. The summed E-state index contributed by atoms with van der Waals surface area (Å²) < 4.78 is 0. The summed E-state index contributed by atoms with van der Waals surface area (Å²) in [4.78, 5) is 16.1. The van der Waals surface area contributed by atoms with Gasteiger partial charge < -0.3 is 15.3 Å². The van der Waals surface area contributed by atoms with Gasteiger partial charge in [0.25, 0.3) is 0 Å². The van der Waals surface area contributed by atoms with E-state index in [0.29, 0.717) is 18.5 Å². The monoisotopic (exact) mass is 285 g/mol. The van der Waals surface area contributed by atoms with Crippen molar-refractivity contribution >= 4 is 5.97 Å². The molecule has 1 fully saturated rings. The number of carbonyl (C=O) groups is 1. The number of nitrogens with zero attached hydrogens (tertiary/aromatic N) is 2. The lowest BCUT2D eigenvalue weighted by Gasteiger charge is -2.42. The standard InChI is InChI=1S/C15H31N3O2/c1-12-10-18(11-13(2)17(12)5)9-7-6-8-15(3,16-4)14(19)20/h12-13,16H,6-11H2,1-5H3,(H,19,20). The molecule has 20 heavy (non-hydrogen) atoms. The Morgan fingerprint density at radius 2 is 1.85 bits per heavy atom. The molecule has 1 aliphatic rings. The van der Waals surface area contributed by atoms with E-state index in [-0.39, 0.29) is 0 Å². The van der Waals surface area contributed by atoms with Crippen LogP contribution in [-0.4, -0.2) is 72.2 Å². The summed E-state index contributed by atoms with van der Waals surface area (Å²) in [5, 5.41) is 12.1. The fourth-order valence-electron chi connectivity index (χ4n) is 2.85. The second-order valence-corrected chi connectivity index (χ2v) is 6.47. The maximum atomic E-state index is 11.2. The number of carboxylic acids is 1. The maximum absolute atomic E-state index is 11.2. The first-order valence-electron chi connectivity index (χ1n) is 7.66. The number of hydrogen-bond acceptors (Lipinski definition) is 4. The Morgan fingerprint density at radius 3 is 2.30 bits per heavy atom. The summed E-state index contributed by atoms with van der Waals surface area (Å²) in [5.74, 6) is -0.762. The Morgan fingerprint density at radius 1 is 1.30 bits per heavy atom. The van der Waals surface area contributed by atoms with Gasteiger partial charge in [0.05, 0.1) is 0 Å². The third kappa shape index (κ3) is 4.43. The molecule has 1 rings (SSSR count). The van der Waals surface area contributed by atoms with E-state index in [1.165, 1.54) is 0 Å². The highest BCUT2D eigenvalue weighted by Crippen LogP contribution is 2.17. The lowest BCUT2D eigenvalue weighted by atomic mass is 9.95. The number of rotatable bonds is 7. The van der Waals surface area contributed by atoms with Crippen molar-refractivity contribution < 1.29 is 9.90 Å².